The molecule has 0 bridgehead atoms. The topological polar surface area (TPSA) is 84.9 Å². The summed E-state index contributed by atoms with van der Waals surface area (Å²) in [5, 5.41) is 11.9. The van der Waals surface area contributed by atoms with Gasteiger partial charge in [0.25, 0.3) is 0 Å². The van der Waals surface area contributed by atoms with Crippen LogP contribution in [0, 0.1) is 0 Å². The first-order chi connectivity index (χ1) is 8.76. The molecule has 1 atom stereocenters. The van der Waals surface area contributed by atoms with E-state index in [2.05, 4.69) is 10.1 Å². The fourth-order valence-corrected chi connectivity index (χ4v) is 1.68. The molecule has 1 aliphatic heterocycles. The van der Waals surface area contributed by atoms with Crippen molar-refractivity contribution in [2.45, 2.75) is 32.7 Å². The van der Waals surface area contributed by atoms with Gasteiger partial charge in [0, 0.05) is 11.3 Å². The summed E-state index contributed by atoms with van der Waals surface area (Å²) in [4.78, 5) is 23.0. The van der Waals surface area contributed by atoms with E-state index in [1.807, 2.05) is 0 Å². The molecular formula is C13H15NO5. The first-order valence-corrected chi connectivity index (χ1v) is 5.79. The van der Waals surface area contributed by atoms with Crippen LogP contribution in [0.25, 0.3) is 0 Å². The molecule has 19 heavy (non-hydrogen) atoms. The van der Waals surface area contributed by atoms with Gasteiger partial charge in [-0.2, -0.15) is 0 Å². The predicted molar refractivity (Wildman–Crippen MR) is 66.7 cm³/mol. The Morgan fingerprint density at radius 3 is 2.74 bits per heavy atom. The zero-order valence-electron chi connectivity index (χ0n) is 10.9. The van der Waals surface area contributed by atoms with Crippen molar-refractivity contribution >= 4 is 17.7 Å². The fraction of sp³-hybridized carbons (Fsp3) is 0.385. The second-order valence-electron chi connectivity index (χ2n) is 5.19. The fourth-order valence-electron chi connectivity index (χ4n) is 1.68. The van der Waals surface area contributed by atoms with Gasteiger partial charge in [0.1, 0.15) is 5.60 Å². The molecule has 6 heteroatoms. The molecule has 1 amide bonds. The summed E-state index contributed by atoms with van der Waals surface area (Å²) in [7, 11) is 0. The Kier molecular flexibility index (Phi) is 3.20. The summed E-state index contributed by atoms with van der Waals surface area (Å²) < 4.78 is 9.74. The third-order valence-corrected chi connectivity index (χ3v) is 2.40. The molecule has 1 aromatic rings. The SMILES string of the molecule is CC(C)(C)OC(=O)Nc1ccc2c(c1)C(=O)OC2O. The van der Waals surface area contributed by atoms with Crippen LogP contribution in [-0.2, 0) is 9.47 Å². The number of fused-ring (bicyclic) bond motifs is 1. The standard InChI is InChI=1S/C13H15NO5/c1-13(2,3)19-12(17)14-7-4-5-8-9(6-7)11(16)18-10(8)15/h4-6,10,15H,1-3H3,(H,14,17). The molecule has 2 rings (SSSR count). The second-order valence-corrected chi connectivity index (χ2v) is 5.19. The number of hydrogen-bond donors (Lipinski definition) is 2. The molecule has 0 aromatic heterocycles. The Balaban J connectivity index is 2.14. The van der Waals surface area contributed by atoms with Crippen LogP contribution < -0.4 is 5.32 Å². The monoisotopic (exact) mass is 265 g/mol. The highest BCUT2D eigenvalue weighted by atomic mass is 16.6. The third-order valence-electron chi connectivity index (χ3n) is 2.40. The average Bonchev–Trinajstić information content (AvgIpc) is 2.51. The number of ether oxygens (including phenoxy) is 2. The number of cyclic esters (lactones) is 1. The number of hydrogen-bond acceptors (Lipinski definition) is 5. The molecule has 1 aliphatic rings. The van der Waals surface area contributed by atoms with Crippen molar-refractivity contribution in [1.82, 2.24) is 0 Å². The lowest BCUT2D eigenvalue weighted by Gasteiger charge is -2.19. The van der Waals surface area contributed by atoms with Crippen LogP contribution in [0.5, 0.6) is 0 Å². The number of nitrogens with one attached hydrogen (secondary N) is 1. The number of aliphatic hydroxyl groups is 1. The van der Waals surface area contributed by atoms with Crippen LogP contribution in [0.15, 0.2) is 18.2 Å². The van der Waals surface area contributed by atoms with Gasteiger partial charge in [0.2, 0.25) is 6.29 Å². The van der Waals surface area contributed by atoms with E-state index in [0.29, 0.717) is 11.3 Å². The van der Waals surface area contributed by atoms with E-state index in [0.717, 1.165) is 0 Å². The number of benzene rings is 1. The molecule has 0 fully saturated rings. The minimum atomic E-state index is -1.24. The maximum Gasteiger partial charge on any atom is 0.412 e. The number of anilines is 1. The quantitative estimate of drug-likeness (QED) is 0.760. The number of esters is 1. The molecule has 1 unspecified atom stereocenters. The van der Waals surface area contributed by atoms with E-state index < -0.39 is 24.0 Å². The van der Waals surface area contributed by atoms with Crippen LogP contribution >= 0.6 is 0 Å². The molecular weight excluding hydrogens is 250 g/mol. The summed E-state index contributed by atoms with van der Waals surface area (Å²) in [6.45, 7) is 5.26. The summed E-state index contributed by atoms with van der Waals surface area (Å²) in [6.07, 6.45) is -1.85. The molecule has 0 spiro atoms. The lowest BCUT2D eigenvalue weighted by molar-refractivity contribution is -0.0547. The lowest BCUT2D eigenvalue weighted by atomic mass is 10.1. The van der Waals surface area contributed by atoms with Crippen molar-refractivity contribution in [2.24, 2.45) is 0 Å². The summed E-state index contributed by atoms with van der Waals surface area (Å²) >= 11 is 0. The highest BCUT2D eigenvalue weighted by Crippen LogP contribution is 2.30. The summed E-state index contributed by atoms with van der Waals surface area (Å²) in [5.41, 5.74) is 0.426. The van der Waals surface area contributed by atoms with Gasteiger partial charge in [-0.25, -0.2) is 9.59 Å². The number of rotatable bonds is 1. The lowest BCUT2D eigenvalue weighted by Crippen LogP contribution is -2.27. The van der Waals surface area contributed by atoms with E-state index >= 15 is 0 Å². The van der Waals surface area contributed by atoms with Gasteiger partial charge in [-0.3, -0.25) is 5.32 Å². The molecule has 0 radical (unpaired) electrons. The molecule has 0 saturated carbocycles. The molecule has 0 saturated heterocycles. The van der Waals surface area contributed by atoms with Gasteiger partial charge >= 0.3 is 12.1 Å². The van der Waals surface area contributed by atoms with Crippen molar-refractivity contribution in [2.75, 3.05) is 5.32 Å². The zero-order valence-corrected chi connectivity index (χ0v) is 10.9. The minimum absolute atomic E-state index is 0.237. The number of carbonyl (C=O) groups excluding carboxylic acids is 2. The number of carbonyl (C=O) groups is 2. The largest absolute Gasteiger partial charge is 0.444 e. The van der Waals surface area contributed by atoms with Crippen LogP contribution in [-0.4, -0.2) is 22.8 Å². The van der Waals surface area contributed by atoms with Crippen LogP contribution in [0.4, 0.5) is 10.5 Å². The van der Waals surface area contributed by atoms with Gasteiger partial charge in [0.05, 0.1) is 5.56 Å². The Morgan fingerprint density at radius 2 is 2.11 bits per heavy atom. The Hall–Kier alpha value is -2.08. The van der Waals surface area contributed by atoms with Crippen LogP contribution in [0.2, 0.25) is 0 Å². The van der Waals surface area contributed by atoms with Gasteiger partial charge < -0.3 is 14.6 Å². The van der Waals surface area contributed by atoms with Crippen molar-refractivity contribution in [3.8, 4) is 0 Å². The maximum absolute atomic E-state index is 11.6. The maximum atomic E-state index is 11.6. The van der Waals surface area contributed by atoms with Crippen molar-refractivity contribution in [3.05, 3.63) is 29.3 Å². The minimum Gasteiger partial charge on any atom is -0.444 e. The number of aliphatic hydroxyl groups excluding tert-OH is 1. The van der Waals surface area contributed by atoms with Gasteiger partial charge in [0.15, 0.2) is 0 Å². The normalized spacial score (nSPS) is 17.7. The van der Waals surface area contributed by atoms with E-state index in [9.17, 15) is 14.7 Å². The Labute approximate surface area is 110 Å². The van der Waals surface area contributed by atoms with E-state index in [4.69, 9.17) is 4.74 Å². The highest BCUT2D eigenvalue weighted by Gasteiger charge is 2.29. The van der Waals surface area contributed by atoms with E-state index in [-0.39, 0.29) is 5.56 Å². The van der Waals surface area contributed by atoms with Crippen LogP contribution in [0.1, 0.15) is 43.0 Å². The Morgan fingerprint density at radius 1 is 1.42 bits per heavy atom. The van der Waals surface area contributed by atoms with Gasteiger partial charge in [-0.15, -0.1) is 0 Å². The van der Waals surface area contributed by atoms with Crippen molar-refractivity contribution in [1.29, 1.82) is 0 Å². The van der Waals surface area contributed by atoms with Gasteiger partial charge in [-0.1, -0.05) is 0 Å². The highest BCUT2D eigenvalue weighted by molar-refractivity contribution is 5.96. The summed E-state index contributed by atoms with van der Waals surface area (Å²) in [6, 6.07) is 4.53. The van der Waals surface area contributed by atoms with E-state index in [1.165, 1.54) is 12.1 Å². The first-order valence-electron chi connectivity index (χ1n) is 5.79. The molecule has 1 aromatic carbocycles. The molecule has 1 heterocycles. The smallest absolute Gasteiger partial charge is 0.412 e. The summed E-state index contributed by atoms with van der Waals surface area (Å²) in [5.74, 6) is -0.615. The predicted octanol–water partition coefficient (Wildman–Crippen LogP) is 2.19. The zero-order chi connectivity index (χ0) is 14.2. The third kappa shape index (κ3) is 3.03. The van der Waals surface area contributed by atoms with Crippen molar-refractivity contribution in [3.63, 3.8) is 0 Å². The van der Waals surface area contributed by atoms with E-state index in [1.54, 1.807) is 26.8 Å². The van der Waals surface area contributed by atoms with Crippen molar-refractivity contribution < 1.29 is 24.2 Å². The average molecular weight is 265 g/mol. The first kappa shape index (κ1) is 13.4. The Bertz CT molecular complexity index is 532. The molecule has 6 nitrogen and oxygen atoms in total. The molecule has 102 valence electrons. The number of amides is 1. The van der Waals surface area contributed by atoms with Gasteiger partial charge in [-0.05, 0) is 39.0 Å². The molecule has 2 N–H and O–H groups in total. The molecule has 0 aliphatic carbocycles. The van der Waals surface area contributed by atoms with Crippen LogP contribution in [0.3, 0.4) is 0 Å². The second kappa shape index (κ2) is 4.55.